The molecule has 128 valence electrons. The van der Waals surface area contributed by atoms with Crippen molar-refractivity contribution in [1.82, 2.24) is 20.9 Å². The lowest BCUT2D eigenvalue weighted by Gasteiger charge is -2.38. The summed E-state index contributed by atoms with van der Waals surface area (Å²) in [6, 6.07) is 0.481. The number of amides is 1. The lowest BCUT2D eigenvalue weighted by molar-refractivity contribution is -0.124. The maximum atomic E-state index is 12.1. The van der Waals surface area contributed by atoms with Crippen LogP contribution in [0.3, 0.4) is 0 Å². The molecule has 0 aromatic rings. The van der Waals surface area contributed by atoms with Crippen molar-refractivity contribution in [1.29, 1.82) is 0 Å². The second-order valence-electron chi connectivity index (χ2n) is 7.45. The maximum Gasteiger partial charge on any atom is 0.242 e. The van der Waals surface area contributed by atoms with Gasteiger partial charge in [-0.2, -0.15) is 0 Å². The Morgan fingerprint density at radius 3 is 2.32 bits per heavy atom. The minimum atomic E-state index is -0.348. The number of hydrogen-bond acceptors (Lipinski definition) is 3. The molecule has 1 aliphatic rings. The van der Waals surface area contributed by atoms with Crippen LogP contribution in [0.2, 0.25) is 0 Å². The molecule has 0 aromatic carbocycles. The van der Waals surface area contributed by atoms with E-state index in [1.54, 1.807) is 7.05 Å². The molecule has 1 aliphatic carbocycles. The lowest BCUT2D eigenvalue weighted by Crippen LogP contribution is -2.59. The number of nitrogens with one attached hydrogen (secondary N) is 3. The van der Waals surface area contributed by atoms with Gasteiger partial charge >= 0.3 is 0 Å². The van der Waals surface area contributed by atoms with E-state index in [9.17, 15) is 4.79 Å². The maximum absolute atomic E-state index is 12.1. The fourth-order valence-electron chi connectivity index (χ4n) is 3.06. The van der Waals surface area contributed by atoms with Crippen LogP contribution in [0.5, 0.6) is 0 Å². The number of likely N-dealkylation sites (N-methyl/N-ethyl adjacent to an activating group) is 2. The van der Waals surface area contributed by atoms with Crippen LogP contribution in [-0.4, -0.2) is 55.2 Å². The highest BCUT2D eigenvalue weighted by molar-refractivity contribution is 7.80. The molecule has 0 heterocycles. The molecule has 0 aliphatic heterocycles. The zero-order valence-corrected chi connectivity index (χ0v) is 15.6. The molecule has 3 N–H and O–H groups in total. The minimum Gasteiger partial charge on any atom is -0.358 e. The second-order valence-corrected chi connectivity index (χ2v) is 7.86. The van der Waals surface area contributed by atoms with E-state index in [1.165, 1.54) is 19.3 Å². The third-order valence-electron chi connectivity index (χ3n) is 4.36. The largest absolute Gasteiger partial charge is 0.358 e. The summed E-state index contributed by atoms with van der Waals surface area (Å²) in [5.74, 6) is -0.0375. The number of nitrogens with zero attached hydrogens (tertiary/aromatic N) is 1. The van der Waals surface area contributed by atoms with Gasteiger partial charge in [0.05, 0.1) is 0 Å². The molecule has 1 saturated carbocycles. The van der Waals surface area contributed by atoms with Crippen LogP contribution in [0.15, 0.2) is 0 Å². The summed E-state index contributed by atoms with van der Waals surface area (Å²) in [5.41, 5.74) is -0.209. The van der Waals surface area contributed by atoms with Gasteiger partial charge in [0.25, 0.3) is 0 Å². The fourth-order valence-corrected chi connectivity index (χ4v) is 3.33. The highest BCUT2D eigenvalue weighted by Crippen LogP contribution is 2.22. The first-order valence-corrected chi connectivity index (χ1v) is 8.52. The Labute approximate surface area is 140 Å². The van der Waals surface area contributed by atoms with Gasteiger partial charge in [0.15, 0.2) is 5.11 Å². The zero-order chi connectivity index (χ0) is 16.9. The average Bonchev–Trinajstić information content (AvgIpc) is 2.43. The Hall–Kier alpha value is -0.880. The van der Waals surface area contributed by atoms with Gasteiger partial charge in [0.2, 0.25) is 5.91 Å². The van der Waals surface area contributed by atoms with Crippen molar-refractivity contribution in [3.63, 3.8) is 0 Å². The van der Waals surface area contributed by atoms with Crippen molar-refractivity contribution in [3.05, 3.63) is 0 Å². The molecular formula is C16H32N4OS. The predicted octanol–water partition coefficient (Wildman–Crippen LogP) is 1.48. The Morgan fingerprint density at radius 1 is 1.23 bits per heavy atom. The third kappa shape index (κ3) is 5.39. The molecule has 1 fully saturated rings. The Kier molecular flexibility index (Phi) is 7.06. The zero-order valence-electron chi connectivity index (χ0n) is 14.8. The van der Waals surface area contributed by atoms with Gasteiger partial charge in [-0.3, -0.25) is 4.79 Å². The molecule has 3 atom stereocenters. The van der Waals surface area contributed by atoms with E-state index in [1.807, 2.05) is 20.8 Å². The Bertz CT molecular complexity index is 392. The number of rotatable bonds is 4. The molecule has 0 radical (unpaired) electrons. The predicted molar refractivity (Wildman–Crippen MR) is 95.9 cm³/mol. The Morgan fingerprint density at radius 2 is 1.82 bits per heavy atom. The molecule has 22 heavy (non-hydrogen) atoms. The van der Waals surface area contributed by atoms with Crippen LogP contribution >= 0.6 is 12.2 Å². The standard InChI is InChI=1S/C16H32N4OS/c1-16(2,3)13(14(21)17-4)19-15(22)18-11-9-7-8-10-12(11)20(5)6/h11-13H,7-10H2,1-6H3,(H,17,21)(H2,18,19,22). The molecule has 0 aromatic heterocycles. The Balaban J connectivity index is 2.68. The summed E-state index contributed by atoms with van der Waals surface area (Å²) in [7, 11) is 5.88. The van der Waals surface area contributed by atoms with Crippen molar-refractivity contribution in [3.8, 4) is 0 Å². The van der Waals surface area contributed by atoms with E-state index in [0.717, 1.165) is 6.42 Å². The first kappa shape index (κ1) is 19.2. The van der Waals surface area contributed by atoms with Gasteiger partial charge in [-0.1, -0.05) is 33.6 Å². The molecule has 5 nitrogen and oxygen atoms in total. The molecule has 1 rings (SSSR count). The van der Waals surface area contributed by atoms with E-state index in [4.69, 9.17) is 12.2 Å². The first-order chi connectivity index (χ1) is 10.2. The summed E-state index contributed by atoms with van der Waals surface area (Å²) in [4.78, 5) is 14.4. The van der Waals surface area contributed by atoms with Crippen molar-refractivity contribution in [2.24, 2.45) is 5.41 Å². The average molecular weight is 329 g/mol. The van der Waals surface area contributed by atoms with Gasteiger partial charge < -0.3 is 20.9 Å². The van der Waals surface area contributed by atoms with Gasteiger partial charge in [0.1, 0.15) is 6.04 Å². The number of hydrogen-bond donors (Lipinski definition) is 3. The normalized spacial score (nSPS) is 23.8. The summed E-state index contributed by atoms with van der Waals surface area (Å²) < 4.78 is 0. The monoisotopic (exact) mass is 328 g/mol. The number of carbonyl (C=O) groups excluding carboxylic acids is 1. The topological polar surface area (TPSA) is 56.4 Å². The molecular weight excluding hydrogens is 296 g/mol. The van der Waals surface area contributed by atoms with Crippen molar-refractivity contribution in [2.45, 2.75) is 64.6 Å². The van der Waals surface area contributed by atoms with Gasteiger partial charge in [-0.25, -0.2) is 0 Å². The van der Waals surface area contributed by atoms with E-state index in [2.05, 4.69) is 34.9 Å². The van der Waals surface area contributed by atoms with Crippen molar-refractivity contribution >= 4 is 23.2 Å². The second kappa shape index (κ2) is 8.11. The van der Waals surface area contributed by atoms with Crippen molar-refractivity contribution < 1.29 is 4.79 Å². The molecule has 3 unspecified atom stereocenters. The van der Waals surface area contributed by atoms with E-state index >= 15 is 0 Å². The smallest absolute Gasteiger partial charge is 0.242 e. The van der Waals surface area contributed by atoms with Gasteiger partial charge in [-0.05, 0) is 44.6 Å². The van der Waals surface area contributed by atoms with E-state index in [0.29, 0.717) is 17.2 Å². The number of carbonyl (C=O) groups is 1. The molecule has 1 amide bonds. The lowest BCUT2D eigenvalue weighted by atomic mass is 9.86. The van der Waals surface area contributed by atoms with E-state index < -0.39 is 0 Å². The van der Waals surface area contributed by atoms with E-state index in [-0.39, 0.29) is 17.4 Å². The first-order valence-electron chi connectivity index (χ1n) is 8.12. The highest BCUT2D eigenvalue weighted by Gasteiger charge is 2.33. The van der Waals surface area contributed by atoms with Crippen LogP contribution in [0.25, 0.3) is 0 Å². The van der Waals surface area contributed by atoms with Crippen LogP contribution in [-0.2, 0) is 4.79 Å². The van der Waals surface area contributed by atoms with Gasteiger partial charge in [0, 0.05) is 19.1 Å². The van der Waals surface area contributed by atoms with Gasteiger partial charge in [-0.15, -0.1) is 0 Å². The van der Waals surface area contributed by atoms with Crippen LogP contribution in [0.4, 0.5) is 0 Å². The summed E-state index contributed by atoms with van der Waals surface area (Å²) >= 11 is 5.47. The quantitative estimate of drug-likeness (QED) is 0.683. The number of thiocarbonyl (C=S) groups is 1. The summed E-state index contributed by atoms with van der Waals surface area (Å²) in [6.45, 7) is 6.10. The van der Waals surface area contributed by atoms with Crippen LogP contribution in [0.1, 0.15) is 46.5 Å². The minimum absolute atomic E-state index is 0.0375. The van der Waals surface area contributed by atoms with Crippen LogP contribution in [0, 0.1) is 5.41 Å². The SMILES string of the molecule is CNC(=O)C(NC(=S)NC1CCCCC1N(C)C)C(C)(C)C. The van der Waals surface area contributed by atoms with Crippen LogP contribution < -0.4 is 16.0 Å². The summed E-state index contributed by atoms with van der Waals surface area (Å²) in [6.07, 6.45) is 4.79. The molecule has 6 heteroatoms. The van der Waals surface area contributed by atoms with Crippen molar-refractivity contribution in [2.75, 3.05) is 21.1 Å². The molecule has 0 bridgehead atoms. The summed E-state index contributed by atoms with van der Waals surface area (Å²) in [5, 5.41) is 9.92. The highest BCUT2D eigenvalue weighted by atomic mass is 32.1. The fraction of sp³-hybridized carbons (Fsp3) is 0.875. The molecule has 0 saturated heterocycles. The third-order valence-corrected chi connectivity index (χ3v) is 4.60. The molecule has 0 spiro atoms.